The first-order valence-corrected chi connectivity index (χ1v) is 16.2. The summed E-state index contributed by atoms with van der Waals surface area (Å²) >= 11 is 6.87. The first-order valence-electron chi connectivity index (χ1n) is 14.6. The fourth-order valence-electron chi connectivity index (χ4n) is 4.54. The van der Waals surface area contributed by atoms with Gasteiger partial charge in [-0.2, -0.15) is 19.2 Å². The number of anilines is 6. The third kappa shape index (κ3) is 7.83. The van der Waals surface area contributed by atoms with Gasteiger partial charge in [-0.1, -0.05) is 12.1 Å². The molecule has 244 valence electrons. The second-order valence-electron chi connectivity index (χ2n) is 11.9. The summed E-state index contributed by atoms with van der Waals surface area (Å²) in [6, 6.07) is 19.5. The molecule has 0 saturated carbocycles. The number of nitrogens with zero attached hydrogens (tertiary/aromatic N) is 9. The molecular weight excluding hydrogens is 728 g/mol. The fraction of sp³-hybridized carbons (Fsp3) is 0.242. The predicted octanol–water partition coefficient (Wildman–Crippen LogP) is 7.93. The zero-order chi connectivity index (χ0) is 33.9. The van der Waals surface area contributed by atoms with Crippen molar-refractivity contribution in [3.63, 3.8) is 0 Å². The Kier molecular flexibility index (Phi) is 10.0. The Morgan fingerprint density at radius 3 is 1.96 bits per heavy atom. The number of amides is 1. The number of fused-ring (bicyclic) bond motifs is 2. The quantitative estimate of drug-likeness (QED) is 0.181. The van der Waals surface area contributed by atoms with Crippen molar-refractivity contribution in [1.82, 2.24) is 29.2 Å². The third-order valence-corrected chi connectivity index (χ3v) is 7.86. The van der Waals surface area contributed by atoms with Crippen molar-refractivity contribution in [1.29, 1.82) is 0 Å². The van der Waals surface area contributed by atoms with Gasteiger partial charge in [0.1, 0.15) is 17.2 Å². The van der Waals surface area contributed by atoms with Gasteiger partial charge < -0.3 is 19.9 Å². The van der Waals surface area contributed by atoms with E-state index in [9.17, 15) is 4.79 Å². The molecule has 2 aromatic carbocycles. The Morgan fingerprint density at radius 1 is 0.766 bits per heavy atom. The Balaban J connectivity index is 0.000000193. The predicted molar refractivity (Wildman–Crippen MR) is 195 cm³/mol. The second-order valence-corrected chi connectivity index (χ2v) is 13.6. The standard InChI is InChI=1S/C19H22BrN5O2.C14H14BrN5/c1-19(2,3)27-18(26)24(14-8-6-7-13(11-14)23(4)5)16-9-10-21-17-15(20)12-22-25(16)17;1-19(2)11-5-3-4-10(8-11)18-13-6-7-16-14-12(15)9-17-20(13)14/h6-12H,1-5H3;3-9,18H,1-2H3. The topological polar surface area (TPSA) is 108 Å². The van der Waals surface area contributed by atoms with E-state index in [0.29, 0.717) is 17.2 Å². The van der Waals surface area contributed by atoms with Crippen molar-refractivity contribution in [3.05, 3.63) is 94.4 Å². The minimum absolute atomic E-state index is 0.488. The number of carbonyl (C=O) groups excluding carboxylic acids is 1. The molecule has 0 atom stereocenters. The molecule has 0 aliphatic heterocycles. The lowest BCUT2D eigenvalue weighted by Gasteiger charge is -2.28. The van der Waals surface area contributed by atoms with Crippen LogP contribution in [-0.4, -0.2) is 69.1 Å². The van der Waals surface area contributed by atoms with Crippen molar-refractivity contribution in [2.45, 2.75) is 26.4 Å². The smallest absolute Gasteiger partial charge is 0.420 e. The number of ether oxygens (including phenoxy) is 1. The molecule has 0 aliphatic carbocycles. The molecule has 4 aromatic heterocycles. The van der Waals surface area contributed by atoms with Gasteiger partial charge in [0.2, 0.25) is 0 Å². The lowest BCUT2D eigenvalue weighted by atomic mass is 10.2. The van der Waals surface area contributed by atoms with Crippen LogP contribution in [-0.2, 0) is 4.74 Å². The van der Waals surface area contributed by atoms with Gasteiger partial charge in [0, 0.05) is 63.7 Å². The molecule has 4 heterocycles. The van der Waals surface area contributed by atoms with Gasteiger partial charge in [-0.15, -0.1) is 0 Å². The molecule has 47 heavy (non-hydrogen) atoms. The summed E-state index contributed by atoms with van der Waals surface area (Å²) < 4.78 is 10.7. The molecular formula is C33H36Br2N10O2. The Hall–Kier alpha value is -4.69. The maximum atomic E-state index is 13.1. The van der Waals surface area contributed by atoms with E-state index in [1.165, 1.54) is 4.90 Å². The van der Waals surface area contributed by atoms with Crippen LogP contribution < -0.4 is 20.0 Å². The molecule has 0 unspecified atom stereocenters. The lowest BCUT2D eigenvalue weighted by Crippen LogP contribution is -2.35. The molecule has 6 rings (SSSR count). The molecule has 0 fully saturated rings. The number of hydrogen-bond acceptors (Lipinski definition) is 9. The normalized spacial score (nSPS) is 11.2. The zero-order valence-electron chi connectivity index (χ0n) is 27.2. The van der Waals surface area contributed by atoms with Crippen LogP contribution in [0.2, 0.25) is 0 Å². The molecule has 0 aliphatic rings. The average Bonchev–Trinajstić information content (AvgIpc) is 3.60. The first-order chi connectivity index (χ1) is 22.3. The molecule has 12 nitrogen and oxygen atoms in total. The molecule has 0 saturated heterocycles. The minimum atomic E-state index is -0.634. The number of benzene rings is 2. The molecule has 1 N–H and O–H groups in total. The van der Waals surface area contributed by atoms with E-state index in [2.05, 4.69) is 74.4 Å². The molecule has 1 amide bonds. The average molecular weight is 765 g/mol. The van der Waals surface area contributed by atoms with Gasteiger partial charge in [0.05, 0.1) is 27.0 Å². The van der Waals surface area contributed by atoms with Gasteiger partial charge in [0.25, 0.3) is 0 Å². The molecule has 0 spiro atoms. The molecule has 14 heteroatoms. The Bertz CT molecular complexity index is 2020. The van der Waals surface area contributed by atoms with Crippen LogP contribution in [0.3, 0.4) is 0 Å². The maximum absolute atomic E-state index is 13.1. The van der Waals surface area contributed by atoms with E-state index in [1.807, 2.05) is 96.3 Å². The van der Waals surface area contributed by atoms with E-state index < -0.39 is 11.7 Å². The van der Waals surface area contributed by atoms with Crippen LogP contribution in [0.5, 0.6) is 0 Å². The largest absolute Gasteiger partial charge is 0.443 e. The van der Waals surface area contributed by atoms with Crippen LogP contribution in [0.1, 0.15) is 20.8 Å². The van der Waals surface area contributed by atoms with E-state index in [-0.39, 0.29) is 0 Å². The van der Waals surface area contributed by atoms with Gasteiger partial charge in [-0.25, -0.2) is 19.7 Å². The number of hydrogen-bond donors (Lipinski definition) is 1. The maximum Gasteiger partial charge on any atom is 0.420 e. The number of carbonyl (C=O) groups is 1. The summed E-state index contributed by atoms with van der Waals surface area (Å²) in [5.74, 6) is 1.41. The van der Waals surface area contributed by atoms with Crippen LogP contribution in [0.25, 0.3) is 11.3 Å². The highest BCUT2D eigenvalue weighted by Crippen LogP contribution is 2.31. The number of halogens is 2. The summed E-state index contributed by atoms with van der Waals surface area (Å²) in [7, 11) is 7.95. The van der Waals surface area contributed by atoms with E-state index in [0.717, 1.165) is 37.5 Å². The lowest BCUT2D eigenvalue weighted by molar-refractivity contribution is 0.0597. The summed E-state index contributed by atoms with van der Waals surface area (Å²) in [5, 5.41) is 12.0. The van der Waals surface area contributed by atoms with Crippen molar-refractivity contribution in [3.8, 4) is 0 Å². The summed E-state index contributed by atoms with van der Waals surface area (Å²) in [6.45, 7) is 5.52. The van der Waals surface area contributed by atoms with Crippen molar-refractivity contribution < 1.29 is 9.53 Å². The van der Waals surface area contributed by atoms with Crippen molar-refractivity contribution in [2.24, 2.45) is 0 Å². The van der Waals surface area contributed by atoms with Gasteiger partial charge >= 0.3 is 6.09 Å². The van der Waals surface area contributed by atoms with Crippen molar-refractivity contribution >= 4 is 83.6 Å². The summed E-state index contributed by atoms with van der Waals surface area (Å²) in [6.07, 6.45) is 6.31. The van der Waals surface area contributed by atoms with Crippen LogP contribution >= 0.6 is 31.9 Å². The second kappa shape index (κ2) is 14.0. The highest BCUT2D eigenvalue weighted by molar-refractivity contribution is 9.11. The SMILES string of the molecule is CN(C)c1cccc(N(C(=O)OC(C)(C)C)c2ccnc3c(Br)cnn23)c1.CN(C)c1cccc(Nc2ccnc3c(Br)cnn23)c1. The zero-order valence-corrected chi connectivity index (χ0v) is 30.4. The number of nitrogens with one attached hydrogen (secondary N) is 1. The first kappa shape index (κ1) is 33.7. The van der Waals surface area contributed by atoms with E-state index in [1.54, 1.807) is 39.9 Å². The molecule has 0 radical (unpaired) electrons. The number of aromatic nitrogens is 6. The minimum Gasteiger partial charge on any atom is -0.443 e. The molecule has 0 bridgehead atoms. The Morgan fingerprint density at radius 2 is 1.32 bits per heavy atom. The van der Waals surface area contributed by atoms with Crippen LogP contribution in [0.4, 0.5) is 39.2 Å². The van der Waals surface area contributed by atoms with Gasteiger partial charge in [-0.3, -0.25) is 0 Å². The highest BCUT2D eigenvalue weighted by atomic mass is 79.9. The molecule has 6 aromatic rings. The summed E-state index contributed by atoms with van der Waals surface area (Å²) in [5.41, 5.74) is 4.56. The Labute approximate surface area is 290 Å². The van der Waals surface area contributed by atoms with Gasteiger partial charge in [-0.05, 0) is 95.1 Å². The summed E-state index contributed by atoms with van der Waals surface area (Å²) in [4.78, 5) is 27.3. The van der Waals surface area contributed by atoms with E-state index >= 15 is 0 Å². The highest BCUT2D eigenvalue weighted by Gasteiger charge is 2.27. The third-order valence-electron chi connectivity index (χ3n) is 6.74. The van der Waals surface area contributed by atoms with Crippen molar-refractivity contribution in [2.75, 3.05) is 48.2 Å². The monoisotopic (exact) mass is 762 g/mol. The van der Waals surface area contributed by atoms with Crippen LogP contribution in [0.15, 0.2) is 94.4 Å². The number of rotatable bonds is 6. The van der Waals surface area contributed by atoms with E-state index in [4.69, 9.17) is 4.74 Å². The fourth-order valence-corrected chi connectivity index (χ4v) is 5.26. The van der Waals surface area contributed by atoms with Crippen LogP contribution in [0, 0.1) is 0 Å². The van der Waals surface area contributed by atoms with Gasteiger partial charge in [0.15, 0.2) is 11.3 Å².